The minimum Gasteiger partial charge on any atom is -0.467 e. The zero-order valence-corrected chi connectivity index (χ0v) is 25.1. The lowest BCUT2D eigenvalue weighted by Gasteiger charge is -2.40. The Kier molecular flexibility index (Phi) is 7.87. The fourth-order valence-electron chi connectivity index (χ4n) is 7.40. The first-order valence-electron chi connectivity index (χ1n) is 14.9. The molecule has 11 nitrogen and oxygen atoms in total. The fourth-order valence-corrected chi connectivity index (χ4v) is 7.40. The number of hydrogen-bond donors (Lipinski definition) is 1. The van der Waals surface area contributed by atoms with Gasteiger partial charge in [0.15, 0.2) is 5.70 Å². The maximum absolute atomic E-state index is 14.2. The SMILES string of the molecule is COC(=O)C1=C(C(=O)OC)[C@@H]2N(Cc3ccccc3)c3ccccc3[C@@]23C[C@@H](C(=O)OC)N(C(=O)NC2CCCCC2)C3=N1. The molecule has 3 heterocycles. The van der Waals surface area contributed by atoms with Gasteiger partial charge in [-0.3, -0.25) is 4.90 Å². The van der Waals surface area contributed by atoms with Crippen molar-refractivity contribution in [2.24, 2.45) is 4.99 Å². The van der Waals surface area contributed by atoms with E-state index in [-0.39, 0.29) is 29.6 Å². The molecule has 2 fully saturated rings. The van der Waals surface area contributed by atoms with Crippen molar-refractivity contribution >= 4 is 35.5 Å². The Morgan fingerprint density at radius 2 is 1.57 bits per heavy atom. The fraction of sp³-hybridized carbons (Fsp3) is 0.424. The number of likely N-dealkylation sites (tertiary alicyclic amines) is 1. The summed E-state index contributed by atoms with van der Waals surface area (Å²) in [7, 11) is 3.73. The number of esters is 3. The average Bonchev–Trinajstić information content (AvgIpc) is 3.55. The molecule has 2 amide bonds. The van der Waals surface area contributed by atoms with Crippen molar-refractivity contribution in [1.29, 1.82) is 0 Å². The number of benzene rings is 2. The molecule has 4 aliphatic rings. The monoisotopic (exact) mass is 600 g/mol. The summed E-state index contributed by atoms with van der Waals surface area (Å²) >= 11 is 0. The number of hydrogen-bond acceptors (Lipinski definition) is 9. The third-order valence-electron chi connectivity index (χ3n) is 9.28. The lowest BCUT2D eigenvalue weighted by molar-refractivity contribution is -0.144. The number of nitrogens with one attached hydrogen (secondary N) is 1. The van der Waals surface area contributed by atoms with Gasteiger partial charge in [0.1, 0.15) is 11.9 Å². The van der Waals surface area contributed by atoms with Crippen molar-refractivity contribution in [3.05, 3.63) is 77.0 Å². The highest BCUT2D eigenvalue weighted by Crippen LogP contribution is 2.58. The number of carbonyl (C=O) groups excluding carboxylic acids is 4. The van der Waals surface area contributed by atoms with Crippen LogP contribution in [0.3, 0.4) is 0 Å². The summed E-state index contributed by atoms with van der Waals surface area (Å²) in [5.74, 6) is -2.02. The van der Waals surface area contributed by atoms with Gasteiger partial charge in [-0.25, -0.2) is 24.2 Å². The molecule has 1 saturated carbocycles. The van der Waals surface area contributed by atoms with Crippen LogP contribution in [0.4, 0.5) is 10.5 Å². The zero-order chi connectivity index (χ0) is 31.0. The maximum Gasteiger partial charge on any atom is 0.357 e. The van der Waals surface area contributed by atoms with Crippen LogP contribution in [0.25, 0.3) is 0 Å². The molecule has 1 saturated heterocycles. The van der Waals surface area contributed by atoms with Gasteiger partial charge in [-0.1, -0.05) is 67.8 Å². The smallest absolute Gasteiger partial charge is 0.357 e. The normalized spacial score (nSPS) is 24.1. The highest BCUT2D eigenvalue weighted by molar-refractivity contribution is 6.17. The molecule has 0 bridgehead atoms. The van der Waals surface area contributed by atoms with E-state index in [2.05, 4.69) is 5.32 Å². The Morgan fingerprint density at radius 1 is 0.886 bits per heavy atom. The van der Waals surface area contributed by atoms with Crippen molar-refractivity contribution in [1.82, 2.24) is 10.2 Å². The van der Waals surface area contributed by atoms with Gasteiger partial charge in [0.25, 0.3) is 0 Å². The summed E-state index contributed by atoms with van der Waals surface area (Å²) in [6.07, 6.45) is 4.84. The first-order valence-corrected chi connectivity index (χ1v) is 14.9. The number of carbonyl (C=O) groups is 4. The van der Waals surface area contributed by atoms with Gasteiger partial charge in [-0.2, -0.15) is 0 Å². The Morgan fingerprint density at radius 3 is 2.25 bits per heavy atom. The van der Waals surface area contributed by atoms with E-state index in [9.17, 15) is 19.2 Å². The number of nitrogens with zero attached hydrogens (tertiary/aromatic N) is 3. The van der Waals surface area contributed by atoms with Crippen LogP contribution in [-0.4, -0.2) is 74.1 Å². The molecule has 2 aromatic rings. The Labute approximate surface area is 255 Å². The molecule has 1 N–H and O–H groups in total. The third kappa shape index (κ3) is 4.61. The largest absolute Gasteiger partial charge is 0.467 e. The summed E-state index contributed by atoms with van der Waals surface area (Å²) < 4.78 is 15.6. The second kappa shape index (κ2) is 11.8. The van der Waals surface area contributed by atoms with E-state index in [0.29, 0.717) is 6.54 Å². The number of amides is 2. The van der Waals surface area contributed by atoms with Crippen LogP contribution in [0.15, 0.2) is 70.9 Å². The van der Waals surface area contributed by atoms with Gasteiger partial charge in [0.05, 0.1) is 38.4 Å². The second-order valence-electron chi connectivity index (χ2n) is 11.6. The number of anilines is 1. The molecule has 3 atom stereocenters. The van der Waals surface area contributed by atoms with Gasteiger partial charge >= 0.3 is 23.9 Å². The van der Waals surface area contributed by atoms with E-state index in [0.717, 1.165) is 48.9 Å². The van der Waals surface area contributed by atoms with Crippen molar-refractivity contribution in [2.75, 3.05) is 26.2 Å². The van der Waals surface area contributed by atoms with E-state index in [1.807, 2.05) is 59.5 Å². The predicted molar refractivity (Wildman–Crippen MR) is 161 cm³/mol. The highest BCUT2D eigenvalue weighted by atomic mass is 16.5. The molecule has 44 heavy (non-hydrogen) atoms. The summed E-state index contributed by atoms with van der Waals surface area (Å²) in [6.45, 7) is 0.365. The Balaban J connectivity index is 1.59. The van der Waals surface area contributed by atoms with Crippen molar-refractivity contribution < 1.29 is 33.4 Å². The second-order valence-corrected chi connectivity index (χ2v) is 11.6. The number of ether oxygens (including phenoxy) is 3. The third-order valence-corrected chi connectivity index (χ3v) is 9.28. The maximum atomic E-state index is 14.2. The highest BCUT2D eigenvalue weighted by Gasteiger charge is 2.68. The minimum absolute atomic E-state index is 0.00776. The van der Waals surface area contributed by atoms with E-state index in [1.54, 1.807) is 0 Å². The number of aliphatic imine (C=N–C) groups is 1. The van der Waals surface area contributed by atoms with Crippen molar-refractivity contribution in [3.8, 4) is 0 Å². The summed E-state index contributed by atoms with van der Waals surface area (Å²) in [5, 5.41) is 3.12. The van der Waals surface area contributed by atoms with Crippen LogP contribution >= 0.6 is 0 Å². The number of rotatable bonds is 6. The van der Waals surface area contributed by atoms with Crippen LogP contribution in [0, 0.1) is 0 Å². The van der Waals surface area contributed by atoms with Gasteiger partial charge in [0, 0.05) is 18.3 Å². The standard InChI is InChI=1S/C33H36N4O7/c1-42-28(38)24-18-33-22-16-10-11-17-23(22)36(19-20-12-6-4-7-13-20)27(33)25(29(39)43-2)26(30(40)44-3)35-31(33)37(24)32(41)34-21-14-8-5-9-15-21/h4,6-7,10-13,16-17,21,24,27H,5,8-9,14-15,18-19H2,1-3H3,(H,34,41)/t24-,27-,33-/m0/s1. The number of fused-ring (bicyclic) bond motifs is 1. The van der Waals surface area contributed by atoms with Gasteiger partial charge < -0.3 is 24.4 Å². The molecular weight excluding hydrogens is 564 g/mol. The number of para-hydroxylation sites is 1. The quantitative estimate of drug-likeness (QED) is 0.394. The average molecular weight is 601 g/mol. The Hall–Kier alpha value is -4.67. The van der Waals surface area contributed by atoms with E-state index >= 15 is 0 Å². The molecule has 0 radical (unpaired) electrons. The molecule has 6 rings (SSSR count). The molecule has 1 spiro atoms. The molecule has 2 aromatic carbocycles. The van der Waals surface area contributed by atoms with Crippen LogP contribution in [-0.2, 0) is 40.6 Å². The Bertz CT molecular complexity index is 1550. The summed E-state index contributed by atoms with van der Waals surface area (Å²) in [4.78, 5) is 62.8. The van der Waals surface area contributed by atoms with E-state index in [4.69, 9.17) is 19.2 Å². The molecule has 0 unspecified atom stereocenters. The summed E-state index contributed by atoms with van der Waals surface area (Å²) in [6, 6.07) is 14.9. The van der Waals surface area contributed by atoms with Gasteiger partial charge in [-0.15, -0.1) is 0 Å². The van der Waals surface area contributed by atoms with Crippen LogP contribution in [0.5, 0.6) is 0 Å². The lowest BCUT2D eigenvalue weighted by Crippen LogP contribution is -2.57. The number of methoxy groups -OCH3 is 3. The molecule has 11 heteroatoms. The first kappa shape index (κ1) is 29.4. The molecule has 0 aromatic heterocycles. The molecule has 230 valence electrons. The van der Waals surface area contributed by atoms with E-state index < -0.39 is 41.4 Å². The molecule has 3 aliphatic heterocycles. The number of urea groups is 1. The van der Waals surface area contributed by atoms with E-state index in [1.165, 1.54) is 26.2 Å². The predicted octanol–water partition coefficient (Wildman–Crippen LogP) is 3.62. The minimum atomic E-state index is -1.17. The van der Waals surface area contributed by atoms with Crippen LogP contribution in [0.1, 0.15) is 49.7 Å². The lowest BCUT2D eigenvalue weighted by atomic mass is 9.69. The van der Waals surface area contributed by atoms with Gasteiger partial charge in [-0.05, 0) is 36.5 Å². The topological polar surface area (TPSA) is 127 Å². The summed E-state index contributed by atoms with van der Waals surface area (Å²) in [5.41, 5.74) is 1.11. The first-order chi connectivity index (χ1) is 21.3. The zero-order valence-electron chi connectivity index (χ0n) is 25.1. The van der Waals surface area contributed by atoms with Crippen molar-refractivity contribution in [2.45, 2.75) is 68.6 Å². The number of amidine groups is 1. The van der Waals surface area contributed by atoms with Crippen LogP contribution in [0.2, 0.25) is 0 Å². The molecule has 1 aliphatic carbocycles. The van der Waals surface area contributed by atoms with Crippen LogP contribution < -0.4 is 10.2 Å². The molecular formula is C33H36N4O7. The van der Waals surface area contributed by atoms with Gasteiger partial charge in [0.2, 0.25) is 0 Å². The van der Waals surface area contributed by atoms with Crippen molar-refractivity contribution in [3.63, 3.8) is 0 Å².